The first-order chi connectivity index (χ1) is 3.00. The lowest BCUT2D eigenvalue weighted by molar-refractivity contribution is 1.34. The molecule has 0 unspecified atom stereocenters. The van der Waals surface area contributed by atoms with Gasteiger partial charge in [0.25, 0.3) is 0 Å². The summed E-state index contributed by atoms with van der Waals surface area (Å²) in [4.78, 5) is 3.65. The summed E-state index contributed by atoms with van der Waals surface area (Å²) in [5, 5.41) is 0. The molecular formula is C3H3N2S. The van der Waals surface area contributed by atoms with E-state index < -0.39 is 0 Å². The van der Waals surface area contributed by atoms with E-state index in [2.05, 4.69) is 15.9 Å². The number of nitrogens with zero attached hydrogens (tertiary/aromatic N) is 1. The molecule has 0 spiro atoms. The van der Waals surface area contributed by atoms with Crippen molar-refractivity contribution in [2.75, 3.05) is 0 Å². The molecular weight excluding hydrogens is 96.1 g/mol. The normalized spacial score (nSPS) is 17.3. The van der Waals surface area contributed by atoms with Crippen LogP contribution in [-0.2, 0) is 0 Å². The summed E-state index contributed by atoms with van der Waals surface area (Å²) in [6.07, 6.45) is 4.25. The summed E-state index contributed by atoms with van der Waals surface area (Å²) in [7, 11) is 0. The fraction of sp³-hybridized carbons (Fsp3) is 0. The molecule has 0 atom stereocenters. The summed E-state index contributed by atoms with van der Waals surface area (Å²) >= 11 is 1.44. The first-order valence-electron chi connectivity index (χ1n) is 1.50. The maximum Gasteiger partial charge on any atom is 0.107 e. The van der Waals surface area contributed by atoms with Crippen molar-refractivity contribution < 1.29 is 0 Å². The Morgan fingerprint density at radius 3 is 3.00 bits per heavy atom. The maximum atomic E-state index is 3.65. The number of hydrogen-bond acceptors (Lipinski definition) is 3. The average Bonchev–Trinajstić information content (AvgIpc) is 1.72. The van der Waals surface area contributed by atoms with E-state index in [-0.39, 0.29) is 0 Å². The minimum atomic E-state index is 1.44. The Morgan fingerprint density at radius 2 is 2.83 bits per heavy atom. The molecule has 1 N–H and O–H groups in total. The molecule has 0 saturated heterocycles. The van der Waals surface area contributed by atoms with Crippen molar-refractivity contribution in [3.63, 3.8) is 0 Å². The predicted octanol–water partition coefficient (Wildman–Crippen LogP) is 0.540. The summed E-state index contributed by atoms with van der Waals surface area (Å²) in [5.41, 5.74) is 1.68. The molecule has 3 heteroatoms. The van der Waals surface area contributed by atoms with Crippen LogP contribution in [0, 0.1) is 6.20 Å². The molecule has 1 heterocycles. The third-order valence-electron chi connectivity index (χ3n) is 0.371. The molecule has 0 amide bonds. The number of rotatable bonds is 0. The summed E-state index contributed by atoms with van der Waals surface area (Å²) in [6.45, 7) is 0. The highest BCUT2D eigenvalue weighted by molar-refractivity contribution is 8.10. The van der Waals surface area contributed by atoms with Crippen LogP contribution in [0.4, 0.5) is 0 Å². The molecule has 0 bridgehead atoms. The second-order valence-electron chi connectivity index (χ2n) is 0.744. The van der Waals surface area contributed by atoms with Crippen LogP contribution in [0.5, 0.6) is 0 Å². The van der Waals surface area contributed by atoms with Gasteiger partial charge in [0.05, 0.1) is 5.55 Å². The molecule has 0 aromatic rings. The number of aliphatic imine (C=N–C) groups is 1. The van der Waals surface area contributed by atoms with Gasteiger partial charge in [-0.25, -0.2) is 4.99 Å². The standard InChI is InChI=1S/C3H3N2S/c1-2-5-6-3-4-1/h2-3,5H. The van der Waals surface area contributed by atoms with E-state index in [0.717, 1.165) is 0 Å². The van der Waals surface area contributed by atoms with Crippen LogP contribution in [0.25, 0.3) is 0 Å². The topological polar surface area (TPSA) is 24.4 Å². The first kappa shape index (κ1) is 3.74. The molecule has 0 fully saturated rings. The van der Waals surface area contributed by atoms with Crippen LogP contribution in [0.15, 0.2) is 11.2 Å². The van der Waals surface area contributed by atoms with Crippen molar-refractivity contribution in [3.8, 4) is 0 Å². The van der Waals surface area contributed by atoms with Gasteiger partial charge in [-0.15, -0.1) is 0 Å². The van der Waals surface area contributed by atoms with E-state index in [4.69, 9.17) is 0 Å². The molecule has 1 radical (unpaired) electrons. The molecule has 31 valence electrons. The lowest BCUT2D eigenvalue weighted by Crippen LogP contribution is -1.92. The Balaban J connectivity index is 2.46. The van der Waals surface area contributed by atoms with Gasteiger partial charge in [0.1, 0.15) is 6.20 Å². The first-order valence-corrected chi connectivity index (χ1v) is 2.38. The Labute approximate surface area is 40.5 Å². The lowest BCUT2D eigenvalue weighted by atomic mass is 10.9. The molecule has 0 aromatic heterocycles. The van der Waals surface area contributed by atoms with Gasteiger partial charge in [0.15, 0.2) is 0 Å². The summed E-state index contributed by atoms with van der Waals surface area (Å²) in [5.74, 6) is 0. The van der Waals surface area contributed by atoms with Gasteiger partial charge in [0, 0.05) is 6.20 Å². The largest absolute Gasteiger partial charge is 0.329 e. The fourth-order valence-corrected chi connectivity index (χ4v) is 0.480. The van der Waals surface area contributed by atoms with Crippen LogP contribution in [0.1, 0.15) is 0 Å². The second-order valence-corrected chi connectivity index (χ2v) is 1.43. The molecule has 0 saturated carbocycles. The van der Waals surface area contributed by atoms with Crippen molar-refractivity contribution in [1.29, 1.82) is 0 Å². The minimum absolute atomic E-state index is 1.44. The smallest absolute Gasteiger partial charge is 0.107 e. The highest BCUT2D eigenvalue weighted by Gasteiger charge is 1.76. The predicted molar refractivity (Wildman–Crippen MR) is 27.0 cm³/mol. The summed E-state index contributed by atoms with van der Waals surface area (Å²) in [6, 6.07) is 0. The minimum Gasteiger partial charge on any atom is -0.329 e. The zero-order valence-corrected chi connectivity index (χ0v) is 3.83. The molecule has 2 nitrogen and oxygen atoms in total. The van der Waals surface area contributed by atoms with E-state index in [1.807, 2.05) is 0 Å². The Kier molecular flexibility index (Phi) is 1.17. The van der Waals surface area contributed by atoms with Gasteiger partial charge in [-0.3, -0.25) is 0 Å². The van der Waals surface area contributed by atoms with Crippen molar-refractivity contribution in [2.45, 2.75) is 0 Å². The molecule has 0 aromatic carbocycles. The Bertz CT molecular complexity index is 74.8. The van der Waals surface area contributed by atoms with Gasteiger partial charge in [-0.2, -0.15) is 0 Å². The molecule has 1 aliphatic heterocycles. The van der Waals surface area contributed by atoms with Crippen LogP contribution >= 0.6 is 11.9 Å². The van der Waals surface area contributed by atoms with Gasteiger partial charge < -0.3 is 4.72 Å². The Morgan fingerprint density at radius 1 is 1.83 bits per heavy atom. The quantitative estimate of drug-likeness (QED) is 0.448. The Hall–Kier alpha value is -0.440. The molecule has 1 rings (SSSR count). The zero-order valence-electron chi connectivity index (χ0n) is 3.01. The van der Waals surface area contributed by atoms with Gasteiger partial charge in [0.2, 0.25) is 0 Å². The van der Waals surface area contributed by atoms with E-state index in [1.54, 1.807) is 11.7 Å². The monoisotopic (exact) mass is 99.0 g/mol. The lowest BCUT2D eigenvalue weighted by Gasteiger charge is -1.91. The average molecular weight is 99.1 g/mol. The van der Waals surface area contributed by atoms with Crippen molar-refractivity contribution in [2.24, 2.45) is 4.99 Å². The van der Waals surface area contributed by atoms with Crippen LogP contribution in [0.3, 0.4) is 0 Å². The summed E-state index contributed by atoms with van der Waals surface area (Å²) < 4.78 is 2.82. The van der Waals surface area contributed by atoms with Crippen LogP contribution in [0.2, 0.25) is 0 Å². The van der Waals surface area contributed by atoms with Gasteiger partial charge >= 0.3 is 0 Å². The van der Waals surface area contributed by atoms with Crippen molar-refractivity contribution in [3.05, 3.63) is 12.4 Å². The van der Waals surface area contributed by atoms with E-state index in [9.17, 15) is 0 Å². The number of nitrogens with one attached hydrogen (secondary N) is 1. The molecule has 1 aliphatic rings. The molecule has 0 aliphatic carbocycles. The third kappa shape index (κ3) is 0.755. The van der Waals surface area contributed by atoms with Crippen molar-refractivity contribution in [1.82, 2.24) is 4.72 Å². The highest BCUT2D eigenvalue weighted by Crippen LogP contribution is 1.90. The number of hydrogen-bond donors (Lipinski definition) is 1. The third-order valence-corrected chi connectivity index (χ3v) is 0.836. The highest BCUT2D eigenvalue weighted by atomic mass is 32.2. The van der Waals surface area contributed by atoms with Crippen LogP contribution < -0.4 is 4.72 Å². The van der Waals surface area contributed by atoms with Crippen molar-refractivity contribution >= 4 is 17.5 Å². The van der Waals surface area contributed by atoms with Gasteiger partial charge in [-0.1, -0.05) is 0 Å². The van der Waals surface area contributed by atoms with E-state index >= 15 is 0 Å². The maximum absolute atomic E-state index is 3.65. The second kappa shape index (κ2) is 1.87. The molecule has 6 heavy (non-hydrogen) atoms. The van der Waals surface area contributed by atoms with Gasteiger partial charge in [-0.05, 0) is 11.9 Å². The fourth-order valence-electron chi connectivity index (χ4n) is 0.185. The SMILES string of the molecule is [C]1=CNSC=N1. The van der Waals surface area contributed by atoms with E-state index in [1.165, 1.54) is 11.9 Å². The van der Waals surface area contributed by atoms with Crippen LogP contribution in [-0.4, -0.2) is 5.55 Å². The van der Waals surface area contributed by atoms with E-state index in [0.29, 0.717) is 0 Å². The zero-order chi connectivity index (χ0) is 4.24.